The van der Waals surface area contributed by atoms with Crippen molar-refractivity contribution in [2.75, 3.05) is 18.9 Å². The van der Waals surface area contributed by atoms with Gasteiger partial charge in [-0.05, 0) is 24.5 Å². The van der Waals surface area contributed by atoms with Crippen LogP contribution in [0.4, 0.5) is 5.82 Å². The Balaban J connectivity index is 1.64. The van der Waals surface area contributed by atoms with Crippen LogP contribution in [0.1, 0.15) is 27.4 Å². The Morgan fingerprint density at radius 3 is 2.26 bits per heavy atom. The summed E-state index contributed by atoms with van der Waals surface area (Å²) in [6.45, 7) is 3.09. The van der Waals surface area contributed by atoms with Gasteiger partial charge in [0.1, 0.15) is 17.3 Å². The van der Waals surface area contributed by atoms with Crippen molar-refractivity contribution in [3.05, 3.63) is 89.4 Å². The second-order valence-electron chi connectivity index (χ2n) is 6.49. The number of carbonyl (C=O) groups is 1. The van der Waals surface area contributed by atoms with Crippen LogP contribution in [-0.4, -0.2) is 34.4 Å². The summed E-state index contributed by atoms with van der Waals surface area (Å²) < 4.78 is 0. The average Bonchev–Trinajstić information content (AvgIpc) is 2.68. The maximum Gasteiger partial charge on any atom is 0.272 e. The minimum Gasteiger partial charge on any atom is -0.370 e. The second kappa shape index (κ2) is 8.94. The van der Waals surface area contributed by atoms with E-state index in [0.29, 0.717) is 23.9 Å². The molecule has 0 saturated heterocycles. The van der Waals surface area contributed by atoms with E-state index in [0.717, 1.165) is 18.5 Å². The third-order valence-electron chi connectivity index (χ3n) is 4.23. The van der Waals surface area contributed by atoms with Crippen molar-refractivity contribution < 1.29 is 4.79 Å². The highest BCUT2D eigenvalue weighted by atomic mass is 16.2. The van der Waals surface area contributed by atoms with E-state index in [-0.39, 0.29) is 5.91 Å². The highest BCUT2D eigenvalue weighted by Gasteiger charge is 2.15. The van der Waals surface area contributed by atoms with Gasteiger partial charge in [0, 0.05) is 26.2 Å². The molecule has 138 valence electrons. The molecule has 0 saturated carbocycles. The fourth-order valence-electron chi connectivity index (χ4n) is 2.87. The Bertz CT molecular complexity index is 881. The highest BCUT2D eigenvalue weighted by molar-refractivity contribution is 5.92. The van der Waals surface area contributed by atoms with E-state index < -0.39 is 0 Å². The van der Waals surface area contributed by atoms with Crippen LogP contribution in [-0.2, 0) is 13.0 Å². The molecule has 1 aromatic heterocycles. The normalized spacial score (nSPS) is 10.4. The van der Waals surface area contributed by atoms with Crippen LogP contribution in [0.25, 0.3) is 0 Å². The molecule has 0 unspecified atom stereocenters. The number of nitrogens with one attached hydrogen (secondary N) is 1. The van der Waals surface area contributed by atoms with E-state index in [1.54, 1.807) is 24.9 Å². The molecule has 3 aromatic rings. The number of anilines is 1. The van der Waals surface area contributed by atoms with E-state index in [2.05, 4.69) is 27.4 Å². The first kappa shape index (κ1) is 18.6. The molecule has 0 radical (unpaired) electrons. The van der Waals surface area contributed by atoms with Gasteiger partial charge in [-0.2, -0.15) is 0 Å². The van der Waals surface area contributed by atoms with Crippen LogP contribution < -0.4 is 5.32 Å². The molecule has 0 aliphatic carbocycles. The number of aromatic nitrogens is 2. The summed E-state index contributed by atoms with van der Waals surface area (Å²) in [5.74, 6) is 1.14. The van der Waals surface area contributed by atoms with Crippen LogP contribution in [0.2, 0.25) is 0 Å². The summed E-state index contributed by atoms with van der Waals surface area (Å²) in [7, 11) is 1.79. The summed E-state index contributed by atoms with van der Waals surface area (Å²) in [5, 5.41) is 3.30. The zero-order valence-corrected chi connectivity index (χ0v) is 15.7. The van der Waals surface area contributed by atoms with Crippen molar-refractivity contribution in [1.82, 2.24) is 14.9 Å². The monoisotopic (exact) mass is 360 g/mol. The second-order valence-corrected chi connectivity index (χ2v) is 6.49. The van der Waals surface area contributed by atoms with Crippen LogP contribution in [0.5, 0.6) is 0 Å². The molecule has 0 bridgehead atoms. The third-order valence-corrected chi connectivity index (χ3v) is 4.23. The van der Waals surface area contributed by atoms with Gasteiger partial charge in [-0.15, -0.1) is 0 Å². The number of benzene rings is 2. The van der Waals surface area contributed by atoms with Gasteiger partial charge in [-0.25, -0.2) is 9.97 Å². The number of rotatable bonds is 7. The highest BCUT2D eigenvalue weighted by Crippen LogP contribution is 2.11. The van der Waals surface area contributed by atoms with E-state index in [1.807, 2.05) is 48.5 Å². The zero-order valence-electron chi connectivity index (χ0n) is 15.7. The molecule has 27 heavy (non-hydrogen) atoms. The topological polar surface area (TPSA) is 58.1 Å². The molecule has 0 aliphatic heterocycles. The standard InChI is InChI=1S/C22H24N4O/c1-17-24-20(22(27)26(2)16-19-11-7-4-8-12-19)15-21(25-17)23-14-13-18-9-5-3-6-10-18/h3-12,15H,13-14,16H2,1-2H3,(H,23,24,25). The minimum atomic E-state index is -0.115. The van der Waals surface area contributed by atoms with Gasteiger partial charge in [0.2, 0.25) is 0 Å². The summed E-state index contributed by atoms with van der Waals surface area (Å²) in [6, 6.07) is 21.9. The molecule has 5 nitrogen and oxygen atoms in total. The predicted molar refractivity (Wildman–Crippen MR) is 108 cm³/mol. The third kappa shape index (κ3) is 5.38. The number of hydrogen-bond acceptors (Lipinski definition) is 4. The van der Waals surface area contributed by atoms with Gasteiger partial charge >= 0.3 is 0 Å². The van der Waals surface area contributed by atoms with Gasteiger partial charge in [0.25, 0.3) is 5.91 Å². The van der Waals surface area contributed by atoms with Gasteiger partial charge in [-0.1, -0.05) is 60.7 Å². The fraction of sp³-hybridized carbons (Fsp3) is 0.227. The van der Waals surface area contributed by atoms with Gasteiger partial charge in [0.15, 0.2) is 0 Å². The van der Waals surface area contributed by atoms with E-state index >= 15 is 0 Å². The molecule has 1 amide bonds. The molecule has 0 aliphatic rings. The Kier molecular flexibility index (Phi) is 6.15. The maximum absolute atomic E-state index is 12.8. The van der Waals surface area contributed by atoms with Crippen molar-refractivity contribution in [1.29, 1.82) is 0 Å². The summed E-state index contributed by atoms with van der Waals surface area (Å²) in [5.41, 5.74) is 2.75. The SMILES string of the molecule is Cc1nc(NCCc2ccccc2)cc(C(=O)N(C)Cc2ccccc2)n1. The van der Waals surface area contributed by atoms with Crippen molar-refractivity contribution in [3.8, 4) is 0 Å². The molecule has 0 spiro atoms. The van der Waals surface area contributed by atoms with Crippen molar-refractivity contribution in [2.45, 2.75) is 19.9 Å². The molecular formula is C22H24N4O. The fourth-order valence-corrected chi connectivity index (χ4v) is 2.87. The smallest absolute Gasteiger partial charge is 0.272 e. The number of amides is 1. The lowest BCUT2D eigenvalue weighted by Gasteiger charge is -2.17. The van der Waals surface area contributed by atoms with Crippen LogP contribution >= 0.6 is 0 Å². The molecule has 1 heterocycles. The zero-order chi connectivity index (χ0) is 19.1. The Hall–Kier alpha value is -3.21. The van der Waals surface area contributed by atoms with Gasteiger partial charge < -0.3 is 10.2 Å². The Morgan fingerprint density at radius 1 is 0.963 bits per heavy atom. The summed E-state index contributed by atoms with van der Waals surface area (Å²) >= 11 is 0. The molecule has 2 aromatic carbocycles. The number of aryl methyl sites for hydroxylation is 1. The van der Waals surface area contributed by atoms with E-state index in [1.165, 1.54) is 5.56 Å². The molecule has 3 rings (SSSR count). The number of hydrogen-bond donors (Lipinski definition) is 1. The van der Waals surface area contributed by atoms with Crippen LogP contribution in [0.15, 0.2) is 66.7 Å². The lowest BCUT2D eigenvalue weighted by molar-refractivity contribution is 0.0779. The quantitative estimate of drug-likeness (QED) is 0.698. The first-order valence-electron chi connectivity index (χ1n) is 9.04. The van der Waals surface area contributed by atoms with Crippen molar-refractivity contribution in [3.63, 3.8) is 0 Å². The molecule has 0 atom stereocenters. The lowest BCUT2D eigenvalue weighted by atomic mass is 10.1. The molecule has 0 fully saturated rings. The predicted octanol–water partition coefficient (Wildman–Crippen LogP) is 3.71. The number of carbonyl (C=O) groups excluding carboxylic acids is 1. The number of nitrogens with zero attached hydrogens (tertiary/aromatic N) is 3. The summed E-state index contributed by atoms with van der Waals surface area (Å²) in [6.07, 6.45) is 0.890. The van der Waals surface area contributed by atoms with Crippen molar-refractivity contribution >= 4 is 11.7 Å². The first-order chi connectivity index (χ1) is 13.1. The molecule has 1 N–H and O–H groups in total. The van der Waals surface area contributed by atoms with E-state index in [4.69, 9.17) is 0 Å². The van der Waals surface area contributed by atoms with Gasteiger partial charge in [-0.3, -0.25) is 4.79 Å². The lowest BCUT2D eigenvalue weighted by Crippen LogP contribution is -2.27. The maximum atomic E-state index is 12.8. The van der Waals surface area contributed by atoms with Crippen LogP contribution in [0, 0.1) is 6.92 Å². The summed E-state index contributed by atoms with van der Waals surface area (Å²) in [4.78, 5) is 23.1. The Morgan fingerprint density at radius 2 is 1.59 bits per heavy atom. The first-order valence-corrected chi connectivity index (χ1v) is 9.04. The largest absolute Gasteiger partial charge is 0.370 e. The average molecular weight is 360 g/mol. The van der Waals surface area contributed by atoms with Crippen molar-refractivity contribution in [2.24, 2.45) is 0 Å². The van der Waals surface area contributed by atoms with Gasteiger partial charge in [0.05, 0.1) is 0 Å². The molecular weight excluding hydrogens is 336 g/mol. The minimum absolute atomic E-state index is 0.115. The Labute approximate surface area is 160 Å². The van der Waals surface area contributed by atoms with E-state index in [9.17, 15) is 4.79 Å². The van der Waals surface area contributed by atoms with Crippen LogP contribution in [0.3, 0.4) is 0 Å². The molecule has 5 heteroatoms.